The topological polar surface area (TPSA) is 26.2 Å². The van der Waals surface area contributed by atoms with Gasteiger partial charge in [0.1, 0.15) is 11.2 Å². The highest BCUT2D eigenvalue weighted by atomic mass is 32.1. The van der Waals surface area contributed by atoms with Gasteiger partial charge in [-0.2, -0.15) is 0 Å². The third-order valence-corrected chi connectivity index (χ3v) is 14.9. The maximum atomic E-state index is 6.37. The molecule has 0 fully saturated rings. The summed E-state index contributed by atoms with van der Waals surface area (Å²) in [6, 6.07) is 71.4. The number of hydrogen-bond acceptors (Lipinski definition) is 3. The molecule has 0 radical (unpaired) electrons. The Hall–Kier alpha value is -7.80. The van der Waals surface area contributed by atoms with Gasteiger partial charge in [0.05, 0.1) is 27.8 Å². The first-order valence-electron chi connectivity index (χ1n) is 21.3. The summed E-state index contributed by atoms with van der Waals surface area (Å²) in [5, 5.41) is 8.70. The summed E-state index contributed by atoms with van der Waals surface area (Å²) >= 11 is 1.95. The summed E-state index contributed by atoms with van der Waals surface area (Å²) < 4.78 is 14.1. The zero-order chi connectivity index (χ0) is 40.2. The van der Waals surface area contributed by atoms with Crippen LogP contribution in [0, 0.1) is 0 Å². The van der Waals surface area contributed by atoms with Gasteiger partial charge in [-0.05, 0) is 94.8 Å². The number of furan rings is 1. The summed E-state index contributed by atoms with van der Waals surface area (Å²) in [6.07, 6.45) is 0. The second-order valence-corrected chi connectivity index (χ2v) is 17.9. The molecule has 0 saturated heterocycles. The Morgan fingerprint density at radius 1 is 0.435 bits per heavy atom. The first-order chi connectivity index (χ1) is 30.8. The molecule has 0 amide bonds. The number of thiophene rings is 1. The van der Waals surface area contributed by atoms with E-state index >= 15 is 0 Å². The van der Waals surface area contributed by atoms with E-state index in [2.05, 4.69) is 196 Å². The van der Waals surface area contributed by atoms with Crippen molar-refractivity contribution >= 4 is 126 Å². The Labute approximate surface area is 359 Å². The van der Waals surface area contributed by atoms with Crippen molar-refractivity contribution in [2.75, 3.05) is 4.90 Å². The Bertz CT molecular complexity index is 4080. The predicted molar refractivity (Wildman–Crippen MR) is 263 cm³/mol. The third-order valence-electron chi connectivity index (χ3n) is 13.7. The van der Waals surface area contributed by atoms with E-state index in [9.17, 15) is 0 Å². The molecule has 4 aromatic heterocycles. The zero-order valence-corrected chi connectivity index (χ0v) is 34.0. The number of benzene rings is 9. The smallest absolute Gasteiger partial charge is 0.264 e. The van der Waals surface area contributed by atoms with Crippen LogP contribution in [0.4, 0.5) is 17.1 Å². The van der Waals surface area contributed by atoms with Crippen LogP contribution in [0.15, 0.2) is 199 Å². The van der Waals surface area contributed by atoms with Crippen LogP contribution in [0.3, 0.4) is 0 Å². The molecular weight excluding hydrogens is 774 g/mol. The molecule has 6 heteroatoms. The van der Waals surface area contributed by atoms with E-state index in [0.29, 0.717) is 0 Å². The van der Waals surface area contributed by atoms with Gasteiger partial charge < -0.3 is 18.5 Å². The van der Waals surface area contributed by atoms with Gasteiger partial charge in [-0.1, -0.05) is 121 Å². The van der Waals surface area contributed by atoms with E-state index in [0.717, 1.165) is 38.8 Å². The van der Waals surface area contributed by atoms with Crippen molar-refractivity contribution in [3.8, 4) is 22.5 Å². The van der Waals surface area contributed by atoms with Gasteiger partial charge in [0, 0.05) is 69.9 Å². The van der Waals surface area contributed by atoms with Gasteiger partial charge in [0.2, 0.25) is 0 Å². The molecule has 0 atom stereocenters. The molecule has 2 aliphatic rings. The lowest BCUT2D eigenvalue weighted by Gasteiger charge is -2.39. The predicted octanol–water partition coefficient (Wildman–Crippen LogP) is 13.3. The highest BCUT2D eigenvalue weighted by Crippen LogP contribution is 2.48. The van der Waals surface area contributed by atoms with Gasteiger partial charge in [-0.25, -0.2) is 0 Å². The van der Waals surface area contributed by atoms with Gasteiger partial charge in [0.15, 0.2) is 0 Å². The number of hydrogen-bond donors (Lipinski definition) is 0. The Kier molecular flexibility index (Phi) is 6.35. The van der Waals surface area contributed by atoms with E-state index in [1.54, 1.807) is 0 Å². The lowest BCUT2D eigenvalue weighted by Crippen LogP contribution is -2.59. The summed E-state index contributed by atoms with van der Waals surface area (Å²) in [5.74, 6) is 0. The van der Waals surface area contributed by atoms with Crippen molar-refractivity contribution in [2.45, 2.75) is 0 Å². The number of aromatic nitrogens is 2. The Balaban J connectivity index is 1.04. The molecule has 13 aromatic rings. The summed E-state index contributed by atoms with van der Waals surface area (Å²) in [5.41, 5.74) is 17.9. The van der Waals surface area contributed by atoms with Crippen LogP contribution < -0.4 is 20.6 Å². The van der Waals surface area contributed by atoms with Crippen LogP contribution in [0.2, 0.25) is 0 Å². The molecule has 0 bridgehead atoms. The van der Waals surface area contributed by atoms with E-state index in [1.807, 2.05) is 23.5 Å². The molecule has 0 spiro atoms. The number of rotatable bonds is 3. The first kappa shape index (κ1) is 33.0. The van der Waals surface area contributed by atoms with Crippen molar-refractivity contribution in [1.29, 1.82) is 0 Å². The van der Waals surface area contributed by atoms with Crippen molar-refractivity contribution in [1.82, 2.24) is 9.13 Å². The lowest BCUT2D eigenvalue weighted by atomic mass is 9.36. The van der Waals surface area contributed by atoms with E-state index in [4.69, 9.17) is 4.42 Å². The van der Waals surface area contributed by atoms with E-state index in [-0.39, 0.29) is 6.71 Å². The van der Waals surface area contributed by atoms with Gasteiger partial charge in [0.25, 0.3) is 6.71 Å². The molecule has 62 heavy (non-hydrogen) atoms. The largest absolute Gasteiger partial charge is 0.456 e. The molecule has 0 saturated carbocycles. The molecule has 286 valence electrons. The minimum Gasteiger partial charge on any atom is -0.456 e. The molecular formula is C56H32BN3OS. The fourth-order valence-electron chi connectivity index (χ4n) is 11.2. The van der Waals surface area contributed by atoms with Crippen LogP contribution in [0.1, 0.15) is 0 Å². The number of nitrogens with zero attached hydrogens (tertiary/aromatic N) is 3. The molecule has 0 N–H and O–H groups in total. The minimum absolute atomic E-state index is 0.0334. The standard InChI is InChI=1S/C56H32BN3OS/c1-2-15-35(16-3-1)58-44-22-8-4-18-37(44)42-32-43-55-51(53(42)58)40-20-5-9-23-45(40)60(55)47-25-13-24-46-52(47)57(43)56-54(41-21-7-11-27-50(41)62-56)59(46)36-17-12-14-33(30-36)34-28-29-39-38-19-6-10-26-48(38)61-49(39)31-34/h1-32H. The van der Waals surface area contributed by atoms with Crippen LogP contribution in [-0.4, -0.2) is 15.8 Å². The number of fused-ring (bicyclic) bond motifs is 16. The van der Waals surface area contributed by atoms with Crippen LogP contribution in [0.5, 0.6) is 0 Å². The van der Waals surface area contributed by atoms with Crippen molar-refractivity contribution in [2.24, 2.45) is 0 Å². The molecule has 4 nitrogen and oxygen atoms in total. The van der Waals surface area contributed by atoms with E-state index < -0.39 is 0 Å². The highest BCUT2D eigenvalue weighted by Gasteiger charge is 2.44. The fourth-order valence-corrected chi connectivity index (χ4v) is 12.5. The molecule has 6 heterocycles. The van der Waals surface area contributed by atoms with Gasteiger partial charge in [-0.15, -0.1) is 11.3 Å². The minimum atomic E-state index is 0.0334. The SMILES string of the molecule is c1ccc(-n2c3ccccc3c3cc4c5c(c6ccccc6n5-c5cccc6c5B4c4sc5ccccc5c4N6c4cccc(-c5ccc6c(c5)oc5ccccc56)c4)c32)cc1. The average molecular weight is 806 g/mol. The number of para-hydroxylation sites is 4. The monoisotopic (exact) mass is 805 g/mol. The third kappa shape index (κ3) is 4.17. The second-order valence-electron chi connectivity index (χ2n) is 16.8. The molecule has 9 aromatic carbocycles. The van der Waals surface area contributed by atoms with Crippen LogP contribution in [-0.2, 0) is 0 Å². The van der Waals surface area contributed by atoms with Crippen LogP contribution >= 0.6 is 11.3 Å². The first-order valence-corrected chi connectivity index (χ1v) is 22.1. The molecule has 0 unspecified atom stereocenters. The van der Waals surface area contributed by atoms with Gasteiger partial charge >= 0.3 is 0 Å². The summed E-state index contributed by atoms with van der Waals surface area (Å²) in [4.78, 5) is 2.56. The highest BCUT2D eigenvalue weighted by molar-refractivity contribution is 7.33. The van der Waals surface area contributed by atoms with Crippen molar-refractivity contribution < 1.29 is 4.42 Å². The molecule has 2 aliphatic heterocycles. The normalized spacial score (nSPS) is 13.1. The fraction of sp³-hybridized carbons (Fsp3) is 0. The maximum Gasteiger partial charge on any atom is 0.264 e. The second kappa shape index (κ2) is 11.9. The average Bonchev–Trinajstić information content (AvgIpc) is 4.09. The van der Waals surface area contributed by atoms with Crippen LogP contribution in [0.25, 0.3) is 98.1 Å². The summed E-state index contributed by atoms with van der Waals surface area (Å²) in [6.45, 7) is 0.0334. The molecule has 0 aliphatic carbocycles. The van der Waals surface area contributed by atoms with Gasteiger partial charge in [-0.3, -0.25) is 0 Å². The van der Waals surface area contributed by atoms with Crippen molar-refractivity contribution in [3.05, 3.63) is 194 Å². The Morgan fingerprint density at radius 2 is 1.11 bits per heavy atom. The van der Waals surface area contributed by atoms with Crippen molar-refractivity contribution in [3.63, 3.8) is 0 Å². The maximum absolute atomic E-state index is 6.37. The number of anilines is 3. The zero-order valence-electron chi connectivity index (χ0n) is 33.2. The molecule has 15 rings (SSSR count). The van der Waals surface area contributed by atoms with E-state index in [1.165, 1.54) is 92.1 Å². The summed E-state index contributed by atoms with van der Waals surface area (Å²) in [7, 11) is 0. The Morgan fingerprint density at radius 3 is 2.00 bits per heavy atom. The quantitative estimate of drug-likeness (QED) is 0.166. The lowest BCUT2D eigenvalue weighted by molar-refractivity contribution is 0.669.